The Morgan fingerprint density at radius 1 is 1.41 bits per heavy atom. The lowest BCUT2D eigenvalue weighted by Gasteiger charge is -2.15. The fourth-order valence-corrected chi connectivity index (χ4v) is 3.14. The number of nitrogens with one attached hydrogen (secondary N) is 3. The topological polar surface area (TPSA) is 103 Å². The smallest absolute Gasteiger partial charge is 0.364 e. The van der Waals surface area contributed by atoms with Crippen molar-refractivity contribution in [1.82, 2.24) is 25.2 Å². The molecule has 1 aliphatic rings. The highest BCUT2D eigenvalue weighted by Gasteiger charge is 2.27. The van der Waals surface area contributed by atoms with Crippen molar-refractivity contribution in [1.29, 1.82) is 0 Å². The van der Waals surface area contributed by atoms with E-state index in [0.717, 1.165) is 6.42 Å². The van der Waals surface area contributed by atoms with Gasteiger partial charge in [-0.1, -0.05) is 6.58 Å². The standard InChI is InChI=1S/C18H21F3N6O2/c1-2-14(28)27-7-4-11(10-27)25-13-9-24-16-15(26-13)12(8-23-16)17(29)22-6-3-5-18(19,20)21/h2,8-9,11H,1,3-7,10H2,(H,22,29)(H,23,24)(H,25,26)/t11-/m0/s1. The Kier molecular flexibility index (Phi) is 6.04. The Morgan fingerprint density at radius 2 is 2.21 bits per heavy atom. The van der Waals surface area contributed by atoms with E-state index in [1.165, 1.54) is 18.5 Å². The van der Waals surface area contributed by atoms with Crippen LogP contribution >= 0.6 is 0 Å². The number of halogens is 3. The van der Waals surface area contributed by atoms with Crippen molar-refractivity contribution in [3.05, 3.63) is 30.6 Å². The quantitative estimate of drug-likeness (QED) is 0.480. The zero-order chi connectivity index (χ0) is 21.0. The third-order valence-corrected chi connectivity index (χ3v) is 4.57. The van der Waals surface area contributed by atoms with E-state index in [0.29, 0.717) is 30.1 Å². The molecule has 2 amide bonds. The van der Waals surface area contributed by atoms with Crippen LogP contribution in [0.2, 0.25) is 0 Å². The van der Waals surface area contributed by atoms with Gasteiger partial charge in [0, 0.05) is 38.3 Å². The Bertz CT molecular complexity index is 911. The van der Waals surface area contributed by atoms with E-state index in [-0.39, 0.29) is 30.5 Å². The molecule has 0 spiro atoms. The van der Waals surface area contributed by atoms with E-state index < -0.39 is 18.5 Å². The van der Waals surface area contributed by atoms with Crippen LogP contribution in [0.25, 0.3) is 11.2 Å². The average Bonchev–Trinajstić information content (AvgIpc) is 3.30. The molecule has 3 heterocycles. The molecule has 2 aromatic heterocycles. The van der Waals surface area contributed by atoms with Gasteiger partial charge in [0.25, 0.3) is 5.91 Å². The van der Waals surface area contributed by atoms with Gasteiger partial charge in [0.1, 0.15) is 11.3 Å². The van der Waals surface area contributed by atoms with Gasteiger partial charge >= 0.3 is 6.18 Å². The van der Waals surface area contributed by atoms with Crippen molar-refractivity contribution in [2.75, 3.05) is 25.0 Å². The summed E-state index contributed by atoms with van der Waals surface area (Å²) in [4.78, 5) is 37.1. The predicted octanol–water partition coefficient (Wildman–Crippen LogP) is 2.23. The lowest BCUT2D eigenvalue weighted by atomic mass is 10.2. The van der Waals surface area contributed by atoms with Crippen LogP contribution in [0.5, 0.6) is 0 Å². The number of anilines is 1. The van der Waals surface area contributed by atoms with Crippen LogP contribution < -0.4 is 10.6 Å². The lowest BCUT2D eigenvalue weighted by Crippen LogP contribution is -2.30. The molecule has 0 saturated carbocycles. The predicted molar refractivity (Wildman–Crippen MR) is 100 cm³/mol. The van der Waals surface area contributed by atoms with E-state index in [4.69, 9.17) is 0 Å². The van der Waals surface area contributed by atoms with Gasteiger partial charge in [-0.05, 0) is 18.9 Å². The first-order valence-corrected chi connectivity index (χ1v) is 9.14. The van der Waals surface area contributed by atoms with Crippen molar-refractivity contribution in [2.24, 2.45) is 0 Å². The summed E-state index contributed by atoms with van der Waals surface area (Å²) < 4.78 is 36.6. The van der Waals surface area contributed by atoms with Crippen molar-refractivity contribution >= 4 is 28.8 Å². The SMILES string of the molecule is C=CC(=O)N1CC[C@H](Nc2cnc3[nH]cc(C(=O)NCCCC(F)(F)F)c3n2)C1. The maximum atomic E-state index is 12.3. The molecule has 1 saturated heterocycles. The van der Waals surface area contributed by atoms with Crippen molar-refractivity contribution in [3.8, 4) is 0 Å². The Morgan fingerprint density at radius 3 is 2.93 bits per heavy atom. The average molecular weight is 410 g/mol. The minimum Gasteiger partial charge on any atom is -0.364 e. The first-order valence-electron chi connectivity index (χ1n) is 9.14. The first kappa shape index (κ1) is 20.6. The molecule has 29 heavy (non-hydrogen) atoms. The molecule has 1 fully saturated rings. The first-order chi connectivity index (χ1) is 13.8. The van der Waals surface area contributed by atoms with Crippen LogP contribution in [-0.4, -0.2) is 63.5 Å². The second-order valence-corrected chi connectivity index (χ2v) is 6.75. The summed E-state index contributed by atoms with van der Waals surface area (Å²) in [6.45, 7) is 4.49. The fourth-order valence-electron chi connectivity index (χ4n) is 3.14. The molecule has 3 N–H and O–H groups in total. The number of fused-ring (bicyclic) bond motifs is 1. The summed E-state index contributed by atoms with van der Waals surface area (Å²) in [6.07, 6.45) is -0.453. The Balaban J connectivity index is 1.63. The second kappa shape index (κ2) is 8.50. The highest BCUT2D eigenvalue weighted by molar-refractivity contribution is 6.04. The molecule has 2 aromatic rings. The maximum absolute atomic E-state index is 12.3. The van der Waals surface area contributed by atoms with Crippen molar-refractivity contribution in [3.63, 3.8) is 0 Å². The molecule has 1 atom stereocenters. The van der Waals surface area contributed by atoms with Gasteiger partial charge < -0.3 is 20.5 Å². The highest BCUT2D eigenvalue weighted by atomic mass is 19.4. The van der Waals surface area contributed by atoms with Gasteiger partial charge in [0.15, 0.2) is 5.65 Å². The fraction of sp³-hybridized carbons (Fsp3) is 0.444. The third-order valence-electron chi connectivity index (χ3n) is 4.57. The number of rotatable bonds is 7. The second-order valence-electron chi connectivity index (χ2n) is 6.75. The van der Waals surface area contributed by atoms with Gasteiger partial charge in [-0.15, -0.1) is 0 Å². The molecular weight excluding hydrogens is 389 g/mol. The molecule has 0 unspecified atom stereocenters. The van der Waals surface area contributed by atoms with Gasteiger partial charge in [-0.2, -0.15) is 13.2 Å². The summed E-state index contributed by atoms with van der Waals surface area (Å²) in [5, 5.41) is 5.66. The number of alkyl halides is 3. The number of carbonyl (C=O) groups excluding carboxylic acids is 2. The number of aromatic amines is 1. The van der Waals surface area contributed by atoms with Crippen LogP contribution in [0.3, 0.4) is 0 Å². The number of nitrogens with zero attached hydrogens (tertiary/aromatic N) is 3. The minimum absolute atomic E-state index is 0.00997. The van der Waals surface area contributed by atoms with Gasteiger partial charge in [0.05, 0.1) is 11.8 Å². The molecule has 156 valence electrons. The van der Waals surface area contributed by atoms with Gasteiger partial charge in [-0.25, -0.2) is 9.97 Å². The Labute approximate surface area is 164 Å². The monoisotopic (exact) mass is 410 g/mol. The van der Waals surface area contributed by atoms with Crippen molar-refractivity contribution < 1.29 is 22.8 Å². The number of hydrogen-bond donors (Lipinski definition) is 3. The molecule has 0 aromatic carbocycles. The molecule has 0 radical (unpaired) electrons. The van der Waals surface area contributed by atoms with Gasteiger partial charge in [-0.3, -0.25) is 9.59 Å². The normalized spacial score (nSPS) is 16.8. The summed E-state index contributed by atoms with van der Waals surface area (Å²) in [5.41, 5.74) is 0.921. The zero-order valence-electron chi connectivity index (χ0n) is 15.6. The van der Waals surface area contributed by atoms with Gasteiger partial charge in [0.2, 0.25) is 5.91 Å². The number of aromatic nitrogens is 3. The summed E-state index contributed by atoms with van der Waals surface area (Å²) in [5.74, 6) is -0.208. The number of carbonyl (C=O) groups is 2. The Hall–Kier alpha value is -3.11. The summed E-state index contributed by atoms with van der Waals surface area (Å²) in [6, 6.07) is -0.00997. The zero-order valence-corrected chi connectivity index (χ0v) is 15.6. The lowest BCUT2D eigenvalue weighted by molar-refractivity contribution is -0.135. The number of H-pyrrole nitrogens is 1. The molecule has 0 aliphatic carbocycles. The van der Waals surface area contributed by atoms with Crippen molar-refractivity contribution in [2.45, 2.75) is 31.5 Å². The molecule has 3 rings (SSSR count). The van der Waals surface area contributed by atoms with Crippen LogP contribution in [0.15, 0.2) is 25.0 Å². The minimum atomic E-state index is -4.25. The molecule has 8 nitrogen and oxygen atoms in total. The van der Waals surface area contributed by atoms with Crippen LogP contribution in [-0.2, 0) is 4.79 Å². The molecule has 1 aliphatic heterocycles. The van der Waals surface area contributed by atoms with E-state index in [9.17, 15) is 22.8 Å². The maximum Gasteiger partial charge on any atom is 0.389 e. The summed E-state index contributed by atoms with van der Waals surface area (Å²) >= 11 is 0. The molecule has 0 bridgehead atoms. The number of hydrogen-bond acceptors (Lipinski definition) is 5. The number of amides is 2. The number of likely N-dealkylation sites (tertiary alicyclic amines) is 1. The van der Waals surface area contributed by atoms with Crippen LogP contribution in [0, 0.1) is 0 Å². The van der Waals surface area contributed by atoms with E-state index >= 15 is 0 Å². The third kappa shape index (κ3) is 5.24. The van der Waals surface area contributed by atoms with Crippen LogP contribution in [0.1, 0.15) is 29.6 Å². The van der Waals surface area contributed by atoms with E-state index in [1.54, 1.807) is 4.90 Å². The molecular formula is C18H21F3N6O2. The van der Waals surface area contributed by atoms with E-state index in [2.05, 4.69) is 32.2 Å². The van der Waals surface area contributed by atoms with Crippen LogP contribution in [0.4, 0.5) is 19.0 Å². The highest BCUT2D eigenvalue weighted by Crippen LogP contribution is 2.21. The largest absolute Gasteiger partial charge is 0.389 e. The molecule has 11 heteroatoms. The summed E-state index contributed by atoms with van der Waals surface area (Å²) in [7, 11) is 0. The van der Waals surface area contributed by atoms with E-state index in [1.807, 2.05) is 0 Å².